The van der Waals surface area contributed by atoms with Crippen molar-refractivity contribution in [3.63, 3.8) is 0 Å². The summed E-state index contributed by atoms with van der Waals surface area (Å²) in [5.74, 6) is 2.71. The van der Waals surface area contributed by atoms with Gasteiger partial charge in [0.05, 0.1) is 20.0 Å². The number of hydrogen-bond acceptors (Lipinski definition) is 6. The average Bonchev–Trinajstić information content (AvgIpc) is 3.88. The first kappa shape index (κ1) is 30.1. The van der Waals surface area contributed by atoms with E-state index < -0.39 is 0 Å². The SMILES string of the molecule is COc1cc(Cc2c(-c3ccc(OCCn4ccnc4)cc3)sc3cc(OCc4ccccc4)ccc23)ccc1CN1CCCC1. The van der Waals surface area contributed by atoms with Crippen LogP contribution in [0.3, 0.4) is 0 Å². The van der Waals surface area contributed by atoms with Crippen molar-refractivity contribution < 1.29 is 14.2 Å². The topological polar surface area (TPSA) is 48.8 Å². The number of likely N-dealkylation sites (tertiary alicyclic amines) is 1. The zero-order valence-corrected chi connectivity index (χ0v) is 27.0. The normalized spacial score (nSPS) is 13.3. The number of rotatable bonds is 13. The lowest BCUT2D eigenvalue weighted by molar-refractivity contribution is 0.298. The van der Waals surface area contributed by atoms with Gasteiger partial charge in [-0.25, -0.2) is 4.98 Å². The lowest BCUT2D eigenvalue weighted by Gasteiger charge is -2.18. The van der Waals surface area contributed by atoms with Crippen molar-refractivity contribution in [2.75, 3.05) is 26.8 Å². The van der Waals surface area contributed by atoms with Crippen molar-refractivity contribution in [3.8, 4) is 27.7 Å². The van der Waals surface area contributed by atoms with Crippen LogP contribution in [0.1, 0.15) is 35.1 Å². The van der Waals surface area contributed by atoms with E-state index in [1.807, 2.05) is 46.6 Å². The highest BCUT2D eigenvalue weighted by Crippen LogP contribution is 2.42. The molecule has 46 heavy (non-hydrogen) atoms. The largest absolute Gasteiger partial charge is 0.496 e. The number of ether oxygens (including phenoxy) is 3. The Kier molecular flexibility index (Phi) is 9.31. The quantitative estimate of drug-likeness (QED) is 0.128. The molecule has 7 heteroatoms. The van der Waals surface area contributed by atoms with E-state index in [2.05, 4.69) is 82.7 Å². The van der Waals surface area contributed by atoms with E-state index in [0.29, 0.717) is 13.2 Å². The minimum atomic E-state index is 0.545. The summed E-state index contributed by atoms with van der Waals surface area (Å²) < 4.78 is 21.4. The van der Waals surface area contributed by atoms with E-state index in [0.717, 1.165) is 42.3 Å². The van der Waals surface area contributed by atoms with Gasteiger partial charge in [0.1, 0.15) is 30.5 Å². The van der Waals surface area contributed by atoms with Gasteiger partial charge in [0.2, 0.25) is 0 Å². The van der Waals surface area contributed by atoms with Gasteiger partial charge in [0.25, 0.3) is 0 Å². The molecule has 6 nitrogen and oxygen atoms in total. The fraction of sp³-hybridized carbons (Fsp3) is 0.256. The molecule has 0 radical (unpaired) electrons. The van der Waals surface area contributed by atoms with Gasteiger partial charge in [-0.3, -0.25) is 4.90 Å². The van der Waals surface area contributed by atoms with Gasteiger partial charge in [-0.1, -0.05) is 42.5 Å². The standard InChI is InChI=1S/C39H39N3O3S/c1-43-37-24-30(9-10-32(37)26-41-18-5-6-19-41)23-36-35-16-15-34(45-27-29-7-3-2-4-8-29)25-38(35)46-39(36)31-11-13-33(14-12-31)44-22-21-42-20-17-40-28-42/h2-4,7-17,20,24-25,28H,5-6,18-19,21-23,26-27H2,1H3. The van der Waals surface area contributed by atoms with Gasteiger partial charge in [-0.05, 0) is 109 Å². The molecule has 7 rings (SSSR count). The van der Waals surface area contributed by atoms with Crippen LogP contribution in [0.4, 0.5) is 0 Å². The van der Waals surface area contributed by atoms with E-state index in [1.165, 1.54) is 63.1 Å². The Morgan fingerprint density at radius 1 is 0.826 bits per heavy atom. The fourth-order valence-electron chi connectivity index (χ4n) is 6.18. The van der Waals surface area contributed by atoms with E-state index in [4.69, 9.17) is 14.2 Å². The average molecular weight is 630 g/mol. The Morgan fingerprint density at radius 3 is 2.43 bits per heavy atom. The third kappa shape index (κ3) is 7.11. The van der Waals surface area contributed by atoms with Crippen molar-refractivity contribution in [1.29, 1.82) is 0 Å². The number of hydrogen-bond donors (Lipinski definition) is 0. The Bertz CT molecular complexity index is 1860. The highest BCUT2D eigenvalue weighted by atomic mass is 32.1. The van der Waals surface area contributed by atoms with Gasteiger partial charge in [0, 0.05) is 34.1 Å². The lowest BCUT2D eigenvalue weighted by atomic mass is 9.97. The lowest BCUT2D eigenvalue weighted by Crippen LogP contribution is -2.18. The van der Waals surface area contributed by atoms with Crippen LogP contribution < -0.4 is 14.2 Å². The van der Waals surface area contributed by atoms with Crippen LogP contribution in [0.25, 0.3) is 20.5 Å². The summed E-state index contributed by atoms with van der Waals surface area (Å²) in [6.45, 7) is 5.17. The third-order valence-electron chi connectivity index (χ3n) is 8.63. The number of fused-ring (bicyclic) bond motifs is 1. The number of aromatic nitrogens is 2. The van der Waals surface area contributed by atoms with Gasteiger partial charge in [-0.2, -0.15) is 0 Å². The van der Waals surface area contributed by atoms with Crippen molar-refractivity contribution in [3.05, 3.63) is 132 Å². The second kappa shape index (κ2) is 14.2. The van der Waals surface area contributed by atoms with Crippen LogP contribution in [-0.4, -0.2) is 41.3 Å². The molecule has 3 heterocycles. The number of methoxy groups -OCH3 is 1. The van der Waals surface area contributed by atoms with Crippen molar-refractivity contribution >= 4 is 21.4 Å². The highest BCUT2D eigenvalue weighted by molar-refractivity contribution is 7.22. The summed E-state index contributed by atoms with van der Waals surface area (Å²) in [6.07, 6.45) is 8.92. The number of nitrogens with zero attached hydrogens (tertiary/aromatic N) is 3. The molecule has 2 aromatic heterocycles. The third-order valence-corrected chi connectivity index (χ3v) is 9.88. The number of imidazole rings is 1. The summed E-state index contributed by atoms with van der Waals surface area (Å²) in [7, 11) is 1.79. The molecule has 1 fully saturated rings. The Labute approximate surface area is 274 Å². The van der Waals surface area contributed by atoms with Gasteiger partial charge < -0.3 is 18.8 Å². The number of thiophene rings is 1. The second-order valence-electron chi connectivity index (χ2n) is 11.8. The Balaban J connectivity index is 1.16. The van der Waals surface area contributed by atoms with Crippen molar-refractivity contribution in [2.45, 2.75) is 39.0 Å². The number of benzene rings is 4. The van der Waals surface area contributed by atoms with Crippen molar-refractivity contribution in [1.82, 2.24) is 14.5 Å². The van der Waals surface area contributed by atoms with E-state index in [1.54, 1.807) is 13.3 Å². The van der Waals surface area contributed by atoms with Gasteiger partial charge in [0.15, 0.2) is 0 Å². The zero-order valence-electron chi connectivity index (χ0n) is 26.2. The molecule has 4 aromatic carbocycles. The van der Waals surface area contributed by atoms with E-state index in [-0.39, 0.29) is 0 Å². The summed E-state index contributed by atoms with van der Waals surface area (Å²) in [5, 5.41) is 1.26. The Hall–Kier alpha value is -4.59. The minimum absolute atomic E-state index is 0.545. The molecule has 1 saturated heterocycles. The van der Waals surface area contributed by atoms with Crippen molar-refractivity contribution in [2.24, 2.45) is 0 Å². The second-order valence-corrected chi connectivity index (χ2v) is 12.9. The van der Waals surface area contributed by atoms with Gasteiger partial charge >= 0.3 is 0 Å². The molecule has 234 valence electrons. The van der Waals surface area contributed by atoms with E-state index >= 15 is 0 Å². The molecule has 1 aliphatic heterocycles. The first-order chi connectivity index (χ1) is 22.7. The van der Waals surface area contributed by atoms with Crippen LogP contribution >= 0.6 is 11.3 Å². The monoisotopic (exact) mass is 629 g/mol. The predicted octanol–water partition coefficient (Wildman–Crippen LogP) is 8.62. The van der Waals surface area contributed by atoms with Crippen LogP contribution in [-0.2, 0) is 26.1 Å². The smallest absolute Gasteiger partial charge is 0.123 e. The molecule has 0 N–H and O–H groups in total. The molecule has 0 amide bonds. The molecule has 0 aliphatic carbocycles. The maximum atomic E-state index is 6.22. The molecule has 0 saturated carbocycles. The summed E-state index contributed by atoms with van der Waals surface area (Å²) in [6, 6.07) is 32.1. The summed E-state index contributed by atoms with van der Waals surface area (Å²) >= 11 is 1.82. The molecular formula is C39H39N3O3S. The first-order valence-corrected chi connectivity index (χ1v) is 16.8. The summed E-state index contributed by atoms with van der Waals surface area (Å²) in [4.78, 5) is 7.89. The maximum Gasteiger partial charge on any atom is 0.123 e. The van der Waals surface area contributed by atoms with Gasteiger partial charge in [-0.15, -0.1) is 11.3 Å². The molecular weight excluding hydrogens is 591 g/mol. The van der Waals surface area contributed by atoms with Crippen LogP contribution in [0, 0.1) is 0 Å². The molecule has 0 atom stereocenters. The fourth-order valence-corrected chi connectivity index (χ4v) is 7.43. The molecule has 0 unspecified atom stereocenters. The summed E-state index contributed by atoms with van der Waals surface area (Å²) in [5.41, 5.74) is 6.16. The molecule has 0 bridgehead atoms. The molecule has 1 aliphatic rings. The highest BCUT2D eigenvalue weighted by Gasteiger charge is 2.18. The maximum absolute atomic E-state index is 6.22. The predicted molar refractivity (Wildman–Crippen MR) is 186 cm³/mol. The van der Waals surface area contributed by atoms with Crippen LogP contribution in [0.5, 0.6) is 17.2 Å². The van der Waals surface area contributed by atoms with Crippen LogP contribution in [0.15, 0.2) is 110 Å². The van der Waals surface area contributed by atoms with E-state index in [9.17, 15) is 0 Å². The molecule has 0 spiro atoms. The minimum Gasteiger partial charge on any atom is -0.496 e. The zero-order chi connectivity index (χ0) is 31.1. The molecule has 6 aromatic rings. The van der Waals surface area contributed by atoms with Crippen LogP contribution in [0.2, 0.25) is 0 Å². The Morgan fingerprint density at radius 2 is 1.65 bits per heavy atom. The first-order valence-electron chi connectivity index (χ1n) is 16.0.